The Bertz CT molecular complexity index is 1010. The Morgan fingerprint density at radius 3 is 2.14 bits per heavy atom. The fraction of sp³-hybridized carbons (Fsp3) is 0.222. The van der Waals surface area contributed by atoms with Crippen LogP contribution in [0.4, 0.5) is 18.9 Å². The molecule has 0 spiro atoms. The average molecular weight is 426 g/mol. The first kappa shape index (κ1) is 22.1. The van der Waals surface area contributed by atoms with Crippen molar-refractivity contribution < 1.29 is 27.9 Å². The summed E-state index contributed by atoms with van der Waals surface area (Å²) in [4.78, 5) is 25.9. The van der Waals surface area contributed by atoms with E-state index in [2.05, 4.69) is 14.7 Å². The number of anilines is 1. The zero-order chi connectivity index (χ0) is 21.8. The van der Waals surface area contributed by atoms with Crippen LogP contribution in [0.25, 0.3) is 5.69 Å². The first-order valence-electron chi connectivity index (χ1n) is 8.15. The molecule has 1 amide bonds. The molecule has 0 atom stereocenters. The van der Waals surface area contributed by atoms with Crippen molar-refractivity contribution in [3.8, 4) is 5.69 Å². The molecule has 0 aliphatic heterocycles. The number of carboxylic acid groups (broad SMARTS) is 1. The minimum Gasteiger partial charge on any atom is -0.475 e. The highest BCUT2D eigenvalue weighted by molar-refractivity contribution is 7.08. The van der Waals surface area contributed by atoms with E-state index in [0.29, 0.717) is 4.88 Å². The second-order valence-corrected chi connectivity index (χ2v) is 6.73. The van der Waals surface area contributed by atoms with Gasteiger partial charge in [-0.2, -0.15) is 17.5 Å². The molecule has 7 nitrogen and oxygen atoms in total. The van der Waals surface area contributed by atoms with Gasteiger partial charge in [0, 0.05) is 17.1 Å². The lowest BCUT2D eigenvalue weighted by atomic mass is 10.2. The van der Waals surface area contributed by atoms with Crippen LogP contribution in [-0.4, -0.2) is 37.1 Å². The molecule has 3 aromatic rings. The van der Waals surface area contributed by atoms with E-state index in [1.807, 2.05) is 49.6 Å². The SMILES string of the molecule is Cc1cc(C(=O)Nc2ccc(-n3cnc(C)c3C)cc2)sn1.O=C(O)C(F)(F)F. The van der Waals surface area contributed by atoms with Gasteiger partial charge in [0.2, 0.25) is 0 Å². The number of aliphatic carboxylic acids is 1. The molecule has 154 valence electrons. The summed E-state index contributed by atoms with van der Waals surface area (Å²) in [5.41, 5.74) is 4.75. The van der Waals surface area contributed by atoms with E-state index >= 15 is 0 Å². The number of carbonyl (C=O) groups is 2. The molecule has 0 bridgehead atoms. The zero-order valence-electron chi connectivity index (χ0n) is 15.6. The topological polar surface area (TPSA) is 97.1 Å². The number of alkyl halides is 3. The number of aryl methyl sites for hydroxylation is 2. The average Bonchev–Trinajstić information content (AvgIpc) is 3.22. The molecule has 0 aliphatic rings. The van der Waals surface area contributed by atoms with E-state index in [-0.39, 0.29) is 5.91 Å². The van der Waals surface area contributed by atoms with Crippen LogP contribution in [0.1, 0.15) is 26.8 Å². The van der Waals surface area contributed by atoms with Crippen molar-refractivity contribution in [2.24, 2.45) is 0 Å². The van der Waals surface area contributed by atoms with Crippen molar-refractivity contribution in [2.45, 2.75) is 26.9 Å². The van der Waals surface area contributed by atoms with Crippen molar-refractivity contribution >= 4 is 29.1 Å². The lowest BCUT2D eigenvalue weighted by molar-refractivity contribution is -0.192. The maximum atomic E-state index is 12.1. The van der Waals surface area contributed by atoms with Crippen LogP contribution in [0, 0.1) is 20.8 Å². The maximum absolute atomic E-state index is 12.1. The van der Waals surface area contributed by atoms with Gasteiger partial charge in [0.15, 0.2) is 0 Å². The Morgan fingerprint density at radius 2 is 1.72 bits per heavy atom. The molecule has 2 aromatic heterocycles. The molecule has 1 aromatic carbocycles. The number of hydrogen-bond acceptors (Lipinski definition) is 5. The molecule has 0 fully saturated rings. The van der Waals surface area contributed by atoms with Crippen molar-refractivity contribution in [2.75, 3.05) is 5.32 Å². The monoisotopic (exact) mass is 426 g/mol. The van der Waals surface area contributed by atoms with Crippen molar-refractivity contribution in [3.63, 3.8) is 0 Å². The summed E-state index contributed by atoms with van der Waals surface area (Å²) in [5, 5.41) is 10.0. The van der Waals surface area contributed by atoms with Crippen molar-refractivity contribution in [1.29, 1.82) is 0 Å². The summed E-state index contributed by atoms with van der Waals surface area (Å²) in [5.74, 6) is -2.89. The van der Waals surface area contributed by atoms with Crippen LogP contribution >= 0.6 is 11.5 Å². The number of benzene rings is 1. The fourth-order valence-electron chi connectivity index (χ4n) is 2.13. The molecule has 2 N–H and O–H groups in total. The van der Waals surface area contributed by atoms with Gasteiger partial charge >= 0.3 is 12.1 Å². The van der Waals surface area contributed by atoms with E-state index in [1.54, 1.807) is 12.4 Å². The number of halogens is 3. The highest BCUT2D eigenvalue weighted by Gasteiger charge is 2.38. The number of amides is 1. The first-order chi connectivity index (χ1) is 13.5. The maximum Gasteiger partial charge on any atom is 0.490 e. The minimum atomic E-state index is -5.08. The third kappa shape index (κ3) is 5.88. The molecular formula is C18H17F3N4O3S. The van der Waals surface area contributed by atoms with Crippen LogP contribution in [-0.2, 0) is 4.79 Å². The van der Waals surface area contributed by atoms with E-state index in [0.717, 1.165) is 28.5 Å². The number of nitrogens with zero attached hydrogens (tertiary/aromatic N) is 3. The largest absolute Gasteiger partial charge is 0.490 e. The summed E-state index contributed by atoms with van der Waals surface area (Å²) in [6, 6.07) is 9.47. The number of imidazole rings is 1. The van der Waals surface area contributed by atoms with E-state index < -0.39 is 12.1 Å². The Morgan fingerprint density at radius 1 is 1.14 bits per heavy atom. The molecule has 2 heterocycles. The van der Waals surface area contributed by atoms with E-state index in [4.69, 9.17) is 9.90 Å². The van der Waals surface area contributed by atoms with Crippen molar-refractivity contribution in [3.05, 3.63) is 58.6 Å². The van der Waals surface area contributed by atoms with Gasteiger partial charge in [0.25, 0.3) is 5.91 Å². The summed E-state index contributed by atoms with van der Waals surface area (Å²) < 4.78 is 37.9. The van der Waals surface area contributed by atoms with E-state index in [1.165, 1.54) is 11.5 Å². The molecule has 0 saturated carbocycles. The highest BCUT2D eigenvalue weighted by Crippen LogP contribution is 2.18. The molecule has 11 heteroatoms. The summed E-state index contributed by atoms with van der Waals surface area (Å²) in [6.07, 6.45) is -3.28. The molecular weight excluding hydrogens is 409 g/mol. The molecule has 0 saturated heterocycles. The van der Waals surface area contributed by atoms with Gasteiger partial charge < -0.3 is 15.0 Å². The summed E-state index contributed by atoms with van der Waals surface area (Å²) in [6.45, 7) is 5.89. The lowest BCUT2D eigenvalue weighted by Gasteiger charge is -2.08. The number of hydrogen-bond donors (Lipinski definition) is 2. The zero-order valence-corrected chi connectivity index (χ0v) is 16.4. The number of nitrogens with one attached hydrogen (secondary N) is 1. The molecule has 0 aliphatic carbocycles. The predicted molar refractivity (Wildman–Crippen MR) is 102 cm³/mol. The molecule has 0 unspecified atom stereocenters. The highest BCUT2D eigenvalue weighted by atomic mass is 32.1. The fourth-order valence-corrected chi connectivity index (χ4v) is 2.78. The Kier molecular flexibility index (Phi) is 6.75. The normalized spacial score (nSPS) is 10.8. The molecule has 29 heavy (non-hydrogen) atoms. The molecule has 0 radical (unpaired) electrons. The number of aromatic nitrogens is 3. The van der Waals surface area contributed by atoms with Gasteiger partial charge in [-0.05, 0) is 62.6 Å². The lowest BCUT2D eigenvalue weighted by Crippen LogP contribution is -2.21. The van der Waals surface area contributed by atoms with Gasteiger partial charge in [-0.1, -0.05) is 0 Å². The van der Waals surface area contributed by atoms with Crippen LogP contribution in [0.15, 0.2) is 36.7 Å². The van der Waals surface area contributed by atoms with Gasteiger partial charge in [0.05, 0.1) is 17.7 Å². The Labute approximate surface area is 168 Å². The van der Waals surface area contributed by atoms with Gasteiger partial charge in [-0.15, -0.1) is 0 Å². The third-order valence-electron chi connectivity index (χ3n) is 3.75. The van der Waals surface area contributed by atoms with Crippen LogP contribution < -0.4 is 5.32 Å². The number of carboxylic acids is 1. The minimum absolute atomic E-state index is 0.131. The quantitative estimate of drug-likeness (QED) is 0.656. The second kappa shape index (κ2) is 8.86. The van der Waals surface area contributed by atoms with Crippen molar-refractivity contribution in [1.82, 2.24) is 13.9 Å². The Hall–Kier alpha value is -3.21. The Balaban J connectivity index is 0.000000370. The summed E-state index contributed by atoms with van der Waals surface area (Å²) >= 11 is 1.21. The van der Waals surface area contributed by atoms with Gasteiger partial charge in [-0.25, -0.2) is 9.78 Å². The summed E-state index contributed by atoms with van der Waals surface area (Å²) in [7, 11) is 0. The number of carbonyl (C=O) groups excluding carboxylic acids is 1. The smallest absolute Gasteiger partial charge is 0.475 e. The molecule has 3 rings (SSSR count). The second-order valence-electron chi connectivity index (χ2n) is 5.92. The van der Waals surface area contributed by atoms with Crippen LogP contribution in [0.5, 0.6) is 0 Å². The van der Waals surface area contributed by atoms with Gasteiger partial charge in [-0.3, -0.25) is 4.79 Å². The number of rotatable bonds is 3. The van der Waals surface area contributed by atoms with Crippen LogP contribution in [0.3, 0.4) is 0 Å². The third-order valence-corrected chi connectivity index (χ3v) is 4.63. The first-order valence-corrected chi connectivity index (χ1v) is 8.92. The van der Waals surface area contributed by atoms with Gasteiger partial charge in [0.1, 0.15) is 4.88 Å². The van der Waals surface area contributed by atoms with E-state index in [9.17, 15) is 18.0 Å². The standard InChI is InChI=1S/C16H16N4OS.C2HF3O2/c1-10-8-15(22-19-10)16(21)18-13-4-6-14(7-5-13)20-9-17-11(2)12(20)3;3-2(4,5)1(6)7/h4-9H,1-3H3,(H,18,21);(H,6,7). The predicted octanol–water partition coefficient (Wildman–Crippen LogP) is 4.14. The van der Waals surface area contributed by atoms with Crippen LogP contribution in [0.2, 0.25) is 0 Å².